The predicted octanol–water partition coefficient (Wildman–Crippen LogP) is 0.638. The SMILES string of the molecule is Nc1cc(F)cc(CN2CCS(=O)(=O)CC2)c1. The van der Waals surface area contributed by atoms with Gasteiger partial charge >= 0.3 is 0 Å². The normalized spacial score (nSPS) is 20.3. The van der Waals surface area contributed by atoms with Crippen LogP contribution in [-0.4, -0.2) is 37.9 Å². The number of nitrogen functional groups attached to an aromatic ring is 1. The van der Waals surface area contributed by atoms with Gasteiger partial charge in [-0.05, 0) is 23.8 Å². The Morgan fingerprint density at radius 3 is 2.47 bits per heavy atom. The zero-order valence-electron chi connectivity index (χ0n) is 9.39. The van der Waals surface area contributed by atoms with Crippen LogP contribution in [0.2, 0.25) is 0 Å². The quantitative estimate of drug-likeness (QED) is 0.791. The first-order valence-electron chi connectivity index (χ1n) is 5.42. The van der Waals surface area contributed by atoms with Crippen LogP contribution in [0.3, 0.4) is 0 Å². The summed E-state index contributed by atoms with van der Waals surface area (Å²) >= 11 is 0. The number of nitrogens with two attached hydrogens (primary N) is 1. The maximum atomic E-state index is 13.1. The van der Waals surface area contributed by atoms with Crippen molar-refractivity contribution in [3.05, 3.63) is 29.6 Å². The van der Waals surface area contributed by atoms with Gasteiger partial charge in [-0.2, -0.15) is 0 Å². The van der Waals surface area contributed by atoms with Crippen molar-refractivity contribution in [1.82, 2.24) is 4.90 Å². The third-order valence-corrected chi connectivity index (χ3v) is 4.43. The minimum atomic E-state index is -2.86. The second kappa shape index (κ2) is 4.62. The molecular formula is C11H15FN2O2S. The lowest BCUT2D eigenvalue weighted by atomic mass is 10.2. The van der Waals surface area contributed by atoms with Crippen molar-refractivity contribution in [3.63, 3.8) is 0 Å². The van der Waals surface area contributed by atoms with E-state index in [4.69, 9.17) is 5.73 Å². The largest absolute Gasteiger partial charge is 0.399 e. The first-order valence-corrected chi connectivity index (χ1v) is 7.24. The topological polar surface area (TPSA) is 63.4 Å². The van der Waals surface area contributed by atoms with Crippen LogP contribution in [0.5, 0.6) is 0 Å². The minimum Gasteiger partial charge on any atom is -0.399 e. The van der Waals surface area contributed by atoms with Gasteiger partial charge in [-0.3, -0.25) is 4.90 Å². The molecule has 17 heavy (non-hydrogen) atoms. The minimum absolute atomic E-state index is 0.178. The molecule has 2 rings (SSSR count). The number of hydrogen-bond acceptors (Lipinski definition) is 4. The molecule has 0 unspecified atom stereocenters. The number of hydrogen-bond donors (Lipinski definition) is 1. The molecule has 1 aliphatic rings. The predicted molar refractivity (Wildman–Crippen MR) is 64.7 cm³/mol. The molecule has 0 atom stereocenters. The lowest BCUT2D eigenvalue weighted by Gasteiger charge is -2.26. The maximum Gasteiger partial charge on any atom is 0.152 e. The van der Waals surface area contributed by atoms with Crippen molar-refractivity contribution < 1.29 is 12.8 Å². The summed E-state index contributed by atoms with van der Waals surface area (Å²) in [6.07, 6.45) is 0. The summed E-state index contributed by atoms with van der Waals surface area (Å²) in [6, 6.07) is 4.41. The summed E-state index contributed by atoms with van der Waals surface area (Å²) in [5.74, 6) is -0.0000814. The lowest BCUT2D eigenvalue weighted by Crippen LogP contribution is -2.39. The Morgan fingerprint density at radius 1 is 1.24 bits per heavy atom. The molecule has 1 aromatic rings. The maximum absolute atomic E-state index is 13.1. The van der Waals surface area contributed by atoms with Crippen LogP contribution in [0.15, 0.2) is 18.2 Å². The zero-order chi connectivity index (χ0) is 12.5. The summed E-state index contributed by atoms with van der Waals surface area (Å²) < 4.78 is 35.6. The molecule has 94 valence electrons. The summed E-state index contributed by atoms with van der Waals surface area (Å²) in [7, 11) is -2.86. The molecule has 4 nitrogen and oxygen atoms in total. The highest BCUT2D eigenvalue weighted by molar-refractivity contribution is 7.91. The van der Waals surface area contributed by atoms with Crippen LogP contribution in [0, 0.1) is 5.82 Å². The van der Waals surface area contributed by atoms with Gasteiger partial charge in [0.1, 0.15) is 5.82 Å². The Kier molecular flexibility index (Phi) is 3.35. The summed E-state index contributed by atoms with van der Waals surface area (Å²) in [4.78, 5) is 2.00. The molecule has 6 heteroatoms. The Hall–Kier alpha value is -1.14. The molecule has 1 aliphatic heterocycles. The van der Waals surface area contributed by atoms with E-state index in [1.807, 2.05) is 4.90 Å². The molecule has 1 heterocycles. The molecule has 0 bridgehead atoms. The van der Waals surface area contributed by atoms with Crippen molar-refractivity contribution in [2.24, 2.45) is 0 Å². The average Bonchev–Trinajstić information content (AvgIpc) is 2.20. The average molecular weight is 258 g/mol. The fourth-order valence-electron chi connectivity index (χ4n) is 1.93. The molecule has 0 spiro atoms. The van der Waals surface area contributed by atoms with Crippen LogP contribution in [0.25, 0.3) is 0 Å². The third kappa shape index (κ3) is 3.41. The third-order valence-electron chi connectivity index (χ3n) is 2.82. The van der Waals surface area contributed by atoms with Gasteiger partial charge in [0.15, 0.2) is 9.84 Å². The monoisotopic (exact) mass is 258 g/mol. The van der Waals surface area contributed by atoms with Crippen molar-refractivity contribution in [2.75, 3.05) is 30.3 Å². The molecule has 0 saturated carbocycles. The molecule has 1 aromatic carbocycles. The molecular weight excluding hydrogens is 243 g/mol. The smallest absolute Gasteiger partial charge is 0.152 e. The summed E-state index contributed by atoms with van der Waals surface area (Å²) in [5, 5.41) is 0. The van der Waals surface area contributed by atoms with E-state index in [0.717, 1.165) is 5.56 Å². The van der Waals surface area contributed by atoms with Gasteiger partial charge in [0, 0.05) is 25.3 Å². The number of sulfone groups is 1. The van der Waals surface area contributed by atoms with E-state index in [2.05, 4.69) is 0 Å². The summed E-state index contributed by atoms with van der Waals surface area (Å²) in [5.41, 5.74) is 6.73. The number of halogens is 1. The molecule has 0 aliphatic carbocycles. The van der Waals surface area contributed by atoms with E-state index in [9.17, 15) is 12.8 Å². The van der Waals surface area contributed by atoms with Gasteiger partial charge in [-0.25, -0.2) is 12.8 Å². The van der Waals surface area contributed by atoms with E-state index in [1.54, 1.807) is 6.07 Å². The van der Waals surface area contributed by atoms with Crippen LogP contribution < -0.4 is 5.73 Å². The van der Waals surface area contributed by atoms with Gasteiger partial charge < -0.3 is 5.73 Å². The molecule has 0 amide bonds. The van der Waals surface area contributed by atoms with Gasteiger partial charge in [0.25, 0.3) is 0 Å². The van der Waals surface area contributed by atoms with Crippen LogP contribution in [-0.2, 0) is 16.4 Å². The number of benzene rings is 1. The van der Waals surface area contributed by atoms with Crippen LogP contribution >= 0.6 is 0 Å². The summed E-state index contributed by atoms with van der Waals surface area (Å²) in [6.45, 7) is 1.54. The van der Waals surface area contributed by atoms with Crippen molar-refractivity contribution in [2.45, 2.75) is 6.54 Å². The molecule has 0 aromatic heterocycles. The number of rotatable bonds is 2. The lowest BCUT2D eigenvalue weighted by molar-refractivity contribution is 0.287. The Balaban J connectivity index is 2.02. The highest BCUT2D eigenvalue weighted by atomic mass is 32.2. The van der Waals surface area contributed by atoms with Gasteiger partial charge in [0.2, 0.25) is 0 Å². The Labute approximate surface area is 100 Å². The standard InChI is InChI=1S/C11H15FN2O2S/c12-10-5-9(6-11(13)7-10)8-14-1-3-17(15,16)4-2-14/h5-7H,1-4,8,13H2. The second-order valence-corrected chi connectivity index (χ2v) is 6.62. The fourth-order valence-corrected chi connectivity index (χ4v) is 3.21. The van der Waals surface area contributed by atoms with Crippen molar-refractivity contribution in [3.8, 4) is 0 Å². The molecule has 0 radical (unpaired) electrons. The first-order chi connectivity index (χ1) is 7.94. The van der Waals surface area contributed by atoms with Crippen molar-refractivity contribution >= 4 is 15.5 Å². The highest BCUT2D eigenvalue weighted by Crippen LogP contribution is 2.14. The van der Waals surface area contributed by atoms with Crippen molar-refractivity contribution in [1.29, 1.82) is 0 Å². The fraction of sp³-hybridized carbons (Fsp3) is 0.455. The van der Waals surface area contributed by atoms with Gasteiger partial charge in [-0.15, -0.1) is 0 Å². The number of nitrogens with zero attached hydrogens (tertiary/aromatic N) is 1. The van der Waals surface area contributed by atoms with E-state index < -0.39 is 9.84 Å². The second-order valence-electron chi connectivity index (χ2n) is 4.32. The van der Waals surface area contributed by atoms with Crippen LogP contribution in [0.4, 0.5) is 10.1 Å². The van der Waals surface area contributed by atoms with E-state index in [1.165, 1.54) is 12.1 Å². The first kappa shape index (κ1) is 12.3. The highest BCUT2D eigenvalue weighted by Gasteiger charge is 2.21. The zero-order valence-corrected chi connectivity index (χ0v) is 10.2. The molecule has 2 N–H and O–H groups in total. The van der Waals surface area contributed by atoms with E-state index >= 15 is 0 Å². The van der Waals surface area contributed by atoms with E-state index in [-0.39, 0.29) is 17.3 Å². The number of anilines is 1. The Bertz CT molecular complexity index is 482. The van der Waals surface area contributed by atoms with E-state index in [0.29, 0.717) is 25.3 Å². The molecule has 1 saturated heterocycles. The molecule has 1 fully saturated rings. The Morgan fingerprint density at radius 2 is 1.88 bits per heavy atom. The van der Waals surface area contributed by atoms with Crippen LogP contribution in [0.1, 0.15) is 5.56 Å². The van der Waals surface area contributed by atoms with Gasteiger partial charge in [0.05, 0.1) is 11.5 Å². The van der Waals surface area contributed by atoms with Gasteiger partial charge in [-0.1, -0.05) is 0 Å².